The number of rotatable bonds is 10. The smallest absolute Gasteiger partial charge is 0.407 e. The van der Waals surface area contributed by atoms with Gasteiger partial charge in [-0.15, -0.1) is 0 Å². The first-order valence-electron chi connectivity index (χ1n) is 16.3. The van der Waals surface area contributed by atoms with E-state index in [1.807, 2.05) is 105 Å². The number of anilines is 1. The van der Waals surface area contributed by atoms with Gasteiger partial charge in [0, 0.05) is 38.1 Å². The van der Waals surface area contributed by atoms with E-state index in [0.717, 1.165) is 64.9 Å². The third-order valence-electron chi connectivity index (χ3n) is 8.17. The second-order valence-electron chi connectivity index (χ2n) is 13.0. The Kier molecular flexibility index (Phi) is 9.61. The fourth-order valence-corrected chi connectivity index (χ4v) is 6.01. The number of aryl methyl sites for hydroxylation is 1. The molecule has 1 amide bonds. The molecule has 0 spiro atoms. The molecule has 0 saturated carbocycles. The highest BCUT2D eigenvalue weighted by atomic mass is 16.6. The first-order chi connectivity index (χ1) is 22.7. The molecule has 6 rings (SSSR count). The Morgan fingerprint density at radius 2 is 1.60 bits per heavy atom. The number of carbonyl (C=O) groups is 1. The number of hydrogen-bond acceptors (Lipinski definition) is 7. The van der Waals surface area contributed by atoms with Gasteiger partial charge in [0.05, 0.1) is 16.8 Å². The summed E-state index contributed by atoms with van der Waals surface area (Å²) >= 11 is 0. The van der Waals surface area contributed by atoms with Crippen molar-refractivity contribution in [3.63, 3.8) is 0 Å². The molecule has 0 unspecified atom stereocenters. The molecule has 0 radical (unpaired) electrons. The Balaban J connectivity index is 1.27. The number of nitrogens with zero attached hydrogens (tertiary/aromatic N) is 4. The molecule has 5 aromatic rings. The molecule has 1 fully saturated rings. The fourth-order valence-electron chi connectivity index (χ4n) is 6.01. The maximum atomic E-state index is 12.3. The number of benzene rings is 3. The van der Waals surface area contributed by atoms with Crippen LogP contribution in [0.2, 0.25) is 0 Å². The van der Waals surface area contributed by atoms with E-state index in [4.69, 9.17) is 24.3 Å². The van der Waals surface area contributed by atoms with Gasteiger partial charge >= 0.3 is 6.09 Å². The maximum absolute atomic E-state index is 12.3. The molecule has 1 aliphatic rings. The van der Waals surface area contributed by atoms with Crippen LogP contribution in [0.4, 0.5) is 10.5 Å². The second-order valence-corrected chi connectivity index (χ2v) is 13.0. The van der Waals surface area contributed by atoms with E-state index in [9.17, 15) is 4.79 Å². The number of aromatic nitrogens is 3. The second kappa shape index (κ2) is 14.2. The normalized spacial score (nSPS) is 15.0. The maximum Gasteiger partial charge on any atom is 0.407 e. The van der Waals surface area contributed by atoms with Crippen molar-refractivity contribution >= 4 is 22.7 Å². The number of fused-ring (bicyclic) bond motifs is 1. The number of alkyl carbamates (subject to hydrolysis) is 1. The van der Waals surface area contributed by atoms with Gasteiger partial charge in [0.1, 0.15) is 24.5 Å². The Morgan fingerprint density at radius 3 is 2.30 bits per heavy atom. The third kappa shape index (κ3) is 8.03. The van der Waals surface area contributed by atoms with Crippen molar-refractivity contribution in [3.8, 4) is 23.0 Å². The van der Waals surface area contributed by atoms with E-state index in [-0.39, 0.29) is 6.09 Å². The summed E-state index contributed by atoms with van der Waals surface area (Å²) in [5.74, 6) is 1.27. The summed E-state index contributed by atoms with van der Waals surface area (Å²) in [5.41, 5.74) is 5.35. The highest BCUT2D eigenvalue weighted by molar-refractivity contribution is 6.01. The van der Waals surface area contributed by atoms with Crippen molar-refractivity contribution in [2.24, 2.45) is 13.0 Å². The van der Waals surface area contributed by atoms with Gasteiger partial charge in [-0.25, -0.2) is 4.79 Å². The topological polar surface area (TPSA) is 90.7 Å². The summed E-state index contributed by atoms with van der Waals surface area (Å²) in [6.45, 7) is 8.74. The Labute approximate surface area is 276 Å². The van der Waals surface area contributed by atoms with Crippen LogP contribution in [-0.2, 0) is 25.0 Å². The lowest BCUT2D eigenvalue weighted by atomic mass is 9.97. The number of hydrogen-bond donors (Lipinski definition) is 1. The molecule has 3 aromatic carbocycles. The molecule has 244 valence electrons. The number of pyridine rings is 1. The first-order valence-corrected chi connectivity index (χ1v) is 16.3. The van der Waals surface area contributed by atoms with Gasteiger partial charge in [-0.1, -0.05) is 72.8 Å². The van der Waals surface area contributed by atoms with Crippen LogP contribution >= 0.6 is 0 Å². The fraction of sp³-hybridized carbons (Fsp3) is 0.342. The lowest BCUT2D eigenvalue weighted by Gasteiger charge is -2.35. The standard InChI is InChI=1S/C38H43N5O4/c1-38(2,3)47-37(44)39-23-29-17-12-22-43(24-29)32-19-11-18-30-34(41-42(4)35(30)32)31-20-21-33(45-25-27-13-7-5-8-14-27)40-36(31)46-26-28-15-9-6-10-16-28/h5-11,13-16,18-21,29H,12,17,22-26H2,1-4H3,(H,39,44)/t29-/m0/s1. The number of nitrogens with one attached hydrogen (secondary N) is 1. The van der Waals surface area contributed by atoms with E-state index in [0.29, 0.717) is 37.4 Å². The Bertz CT molecular complexity index is 1800. The summed E-state index contributed by atoms with van der Waals surface area (Å²) in [6, 6.07) is 30.3. The highest BCUT2D eigenvalue weighted by Gasteiger charge is 2.26. The largest absolute Gasteiger partial charge is 0.473 e. The van der Waals surface area contributed by atoms with E-state index in [1.54, 1.807) is 0 Å². The first kappa shape index (κ1) is 31.9. The molecule has 0 aliphatic carbocycles. The van der Waals surface area contributed by atoms with Gasteiger partial charge < -0.3 is 24.4 Å². The molecule has 1 aliphatic heterocycles. The van der Waals surface area contributed by atoms with E-state index >= 15 is 0 Å². The predicted molar refractivity (Wildman–Crippen MR) is 185 cm³/mol. The molecular formula is C38H43N5O4. The molecule has 9 nitrogen and oxygen atoms in total. The number of carbonyl (C=O) groups excluding carboxylic acids is 1. The van der Waals surface area contributed by atoms with Gasteiger partial charge in [0.25, 0.3) is 0 Å². The molecule has 9 heteroatoms. The molecule has 1 N–H and O–H groups in total. The molecule has 1 saturated heterocycles. The van der Waals surface area contributed by atoms with Crippen LogP contribution in [-0.4, -0.2) is 46.1 Å². The van der Waals surface area contributed by atoms with Crippen LogP contribution in [0.3, 0.4) is 0 Å². The minimum Gasteiger partial charge on any atom is -0.473 e. The number of ether oxygens (including phenoxy) is 3. The van der Waals surface area contributed by atoms with Gasteiger partial charge in [-0.3, -0.25) is 4.68 Å². The van der Waals surface area contributed by atoms with Crippen LogP contribution in [0.5, 0.6) is 11.8 Å². The van der Waals surface area contributed by atoms with Crippen LogP contribution in [0.25, 0.3) is 22.2 Å². The number of para-hydroxylation sites is 1. The van der Waals surface area contributed by atoms with Crippen LogP contribution in [0, 0.1) is 5.92 Å². The van der Waals surface area contributed by atoms with Crippen molar-refractivity contribution in [2.75, 3.05) is 24.5 Å². The molecule has 47 heavy (non-hydrogen) atoms. The quantitative estimate of drug-likeness (QED) is 0.170. The molecule has 2 aromatic heterocycles. The monoisotopic (exact) mass is 633 g/mol. The lowest BCUT2D eigenvalue weighted by molar-refractivity contribution is 0.0517. The van der Waals surface area contributed by atoms with Crippen LogP contribution in [0.15, 0.2) is 91.0 Å². The summed E-state index contributed by atoms with van der Waals surface area (Å²) in [4.78, 5) is 19.5. The van der Waals surface area contributed by atoms with Crippen molar-refractivity contribution in [3.05, 3.63) is 102 Å². The zero-order valence-corrected chi connectivity index (χ0v) is 27.6. The van der Waals surface area contributed by atoms with Gasteiger partial charge in [-0.05, 0) is 62.8 Å². The van der Waals surface area contributed by atoms with Crippen molar-refractivity contribution < 1.29 is 19.0 Å². The summed E-state index contributed by atoms with van der Waals surface area (Å²) in [6.07, 6.45) is 1.71. The van der Waals surface area contributed by atoms with E-state index in [1.165, 1.54) is 0 Å². The minimum absolute atomic E-state index is 0.310. The van der Waals surface area contributed by atoms with Crippen molar-refractivity contribution in [1.29, 1.82) is 0 Å². The minimum atomic E-state index is -0.521. The van der Waals surface area contributed by atoms with Crippen LogP contribution < -0.4 is 19.7 Å². The van der Waals surface area contributed by atoms with E-state index in [2.05, 4.69) is 28.4 Å². The third-order valence-corrected chi connectivity index (χ3v) is 8.17. The average molecular weight is 634 g/mol. The van der Waals surface area contributed by atoms with Crippen molar-refractivity contribution in [1.82, 2.24) is 20.1 Å². The SMILES string of the molecule is Cn1nc(-c2ccc(OCc3ccccc3)nc2OCc2ccccc2)c2cccc(N3CCC[C@@H](CNC(=O)OC(C)(C)C)C3)c21. The Hall–Kier alpha value is -5.05. The van der Waals surface area contributed by atoms with Crippen LogP contribution in [0.1, 0.15) is 44.7 Å². The lowest BCUT2D eigenvalue weighted by Crippen LogP contribution is -2.42. The van der Waals surface area contributed by atoms with Gasteiger partial charge in [0.15, 0.2) is 0 Å². The summed E-state index contributed by atoms with van der Waals surface area (Å²) < 4.78 is 19.8. The average Bonchev–Trinajstić information content (AvgIpc) is 3.42. The zero-order valence-electron chi connectivity index (χ0n) is 27.6. The van der Waals surface area contributed by atoms with Gasteiger partial charge in [-0.2, -0.15) is 10.1 Å². The molecular weight excluding hydrogens is 590 g/mol. The molecule has 0 bridgehead atoms. The predicted octanol–water partition coefficient (Wildman–Crippen LogP) is 7.53. The summed E-state index contributed by atoms with van der Waals surface area (Å²) in [7, 11) is 1.98. The molecule has 1 atom stereocenters. The van der Waals surface area contributed by atoms with Gasteiger partial charge in [0.2, 0.25) is 11.8 Å². The number of piperidine rings is 1. The Morgan fingerprint density at radius 1 is 0.894 bits per heavy atom. The zero-order chi connectivity index (χ0) is 32.8. The number of amides is 1. The van der Waals surface area contributed by atoms with E-state index < -0.39 is 5.60 Å². The highest BCUT2D eigenvalue weighted by Crippen LogP contribution is 2.39. The summed E-state index contributed by atoms with van der Waals surface area (Å²) in [5, 5.41) is 9.01. The van der Waals surface area contributed by atoms with Crippen molar-refractivity contribution in [2.45, 2.75) is 52.4 Å². The molecule has 3 heterocycles.